The number of hydrogen-bond donors (Lipinski definition) is 1. The summed E-state index contributed by atoms with van der Waals surface area (Å²) in [5.74, 6) is -1.03. The van der Waals surface area contributed by atoms with Crippen LogP contribution < -0.4 is 0 Å². The Morgan fingerprint density at radius 2 is 2.05 bits per heavy atom. The van der Waals surface area contributed by atoms with Crippen LogP contribution in [-0.4, -0.2) is 35.5 Å². The van der Waals surface area contributed by atoms with Crippen molar-refractivity contribution >= 4 is 29.3 Å². The molecular weight excluding hydrogens is 262 g/mol. The number of carbonyl (C=O) groups is 2. The number of thiophene rings is 1. The van der Waals surface area contributed by atoms with E-state index >= 15 is 0 Å². The lowest BCUT2D eigenvalue weighted by Crippen LogP contribution is -2.34. The Balaban J connectivity index is 2.76. The average molecular weight is 281 g/mol. The molecule has 1 aromatic rings. The van der Waals surface area contributed by atoms with Crippen molar-refractivity contribution in [1.82, 2.24) is 4.90 Å². The summed E-state index contributed by atoms with van der Waals surface area (Å²) in [5.41, 5.74) is 0.647. The summed E-state index contributed by atoms with van der Waals surface area (Å²) >= 11 is 1.36. The predicted octanol–water partition coefficient (Wildman–Crippen LogP) is 2.96. The Hall–Kier alpha value is -1.62. The van der Waals surface area contributed by atoms with Crippen LogP contribution in [0, 0.1) is 5.41 Å². The van der Waals surface area contributed by atoms with Gasteiger partial charge >= 0.3 is 5.97 Å². The highest BCUT2D eigenvalue weighted by atomic mass is 32.1. The number of hydrogen-bond acceptors (Lipinski definition) is 3. The lowest BCUT2D eigenvalue weighted by atomic mass is 9.96. The molecule has 0 aliphatic heterocycles. The van der Waals surface area contributed by atoms with Gasteiger partial charge in [0, 0.05) is 29.9 Å². The maximum absolute atomic E-state index is 12.2. The summed E-state index contributed by atoms with van der Waals surface area (Å²) in [6.07, 6.45) is 2.56. The maximum Gasteiger partial charge on any atom is 0.328 e. The standard InChI is InChI=1S/C14H19NO3S/c1-14(2,3)9-15(4)13(18)10-7-11(19-8-10)5-6-12(16)17/h5-8H,9H2,1-4H3,(H,16,17). The molecule has 0 aliphatic rings. The molecule has 0 saturated heterocycles. The molecule has 1 amide bonds. The Kier molecular flexibility index (Phi) is 4.89. The van der Waals surface area contributed by atoms with Crippen LogP contribution >= 0.6 is 11.3 Å². The zero-order chi connectivity index (χ0) is 14.6. The molecule has 19 heavy (non-hydrogen) atoms. The molecule has 1 aromatic heterocycles. The van der Waals surface area contributed by atoms with Gasteiger partial charge in [-0.1, -0.05) is 20.8 Å². The Labute approximate surface area is 117 Å². The van der Waals surface area contributed by atoms with E-state index in [1.54, 1.807) is 23.4 Å². The van der Waals surface area contributed by atoms with E-state index in [-0.39, 0.29) is 11.3 Å². The van der Waals surface area contributed by atoms with Gasteiger partial charge in [0.2, 0.25) is 0 Å². The molecule has 1 rings (SSSR count). The van der Waals surface area contributed by atoms with E-state index < -0.39 is 5.97 Å². The first-order valence-electron chi connectivity index (χ1n) is 5.94. The van der Waals surface area contributed by atoms with Gasteiger partial charge in [-0.2, -0.15) is 0 Å². The molecular formula is C14H19NO3S. The van der Waals surface area contributed by atoms with Crippen LogP contribution in [0.1, 0.15) is 36.0 Å². The second-order valence-electron chi connectivity index (χ2n) is 5.63. The second-order valence-corrected chi connectivity index (χ2v) is 6.57. The van der Waals surface area contributed by atoms with E-state index in [1.165, 1.54) is 17.4 Å². The van der Waals surface area contributed by atoms with Gasteiger partial charge in [-0.05, 0) is 17.6 Å². The number of rotatable bonds is 4. The molecule has 0 radical (unpaired) electrons. The molecule has 5 heteroatoms. The van der Waals surface area contributed by atoms with Gasteiger partial charge in [-0.15, -0.1) is 11.3 Å². The van der Waals surface area contributed by atoms with Crippen molar-refractivity contribution in [2.24, 2.45) is 5.41 Å². The molecule has 104 valence electrons. The van der Waals surface area contributed by atoms with E-state index in [0.717, 1.165) is 11.0 Å². The van der Waals surface area contributed by atoms with Crippen molar-refractivity contribution < 1.29 is 14.7 Å². The SMILES string of the molecule is CN(CC(C)(C)C)C(=O)c1csc(C=CC(=O)O)c1. The van der Waals surface area contributed by atoms with Gasteiger partial charge in [-0.25, -0.2) is 4.79 Å². The van der Waals surface area contributed by atoms with Crippen LogP contribution in [0.15, 0.2) is 17.5 Å². The van der Waals surface area contributed by atoms with Gasteiger partial charge in [0.05, 0.1) is 5.56 Å². The number of carboxylic acid groups (broad SMARTS) is 1. The largest absolute Gasteiger partial charge is 0.478 e. The molecule has 0 fully saturated rings. The summed E-state index contributed by atoms with van der Waals surface area (Å²) in [5, 5.41) is 10.3. The lowest BCUT2D eigenvalue weighted by molar-refractivity contribution is -0.131. The molecule has 4 nitrogen and oxygen atoms in total. The van der Waals surface area contributed by atoms with Gasteiger partial charge in [0.25, 0.3) is 5.91 Å². The zero-order valence-corrected chi connectivity index (χ0v) is 12.5. The highest BCUT2D eigenvalue weighted by Crippen LogP contribution is 2.20. The normalized spacial score (nSPS) is 11.8. The van der Waals surface area contributed by atoms with Crippen LogP contribution in [0.3, 0.4) is 0 Å². The van der Waals surface area contributed by atoms with E-state index in [2.05, 4.69) is 20.8 Å². The van der Waals surface area contributed by atoms with Crippen molar-refractivity contribution in [3.63, 3.8) is 0 Å². The first kappa shape index (κ1) is 15.4. The fraction of sp³-hybridized carbons (Fsp3) is 0.429. The van der Waals surface area contributed by atoms with Crippen molar-refractivity contribution in [2.75, 3.05) is 13.6 Å². The summed E-state index contributed by atoms with van der Waals surface area (Å²) in [4.78, 5) is 25.0. The van der Waals surface area contributed by atoms with Crippen molar-refractivity contribution in [1.29, 1.82) is 0 Å². The highest BCUT2D eigenvalue weighted by Gasteiger charge is 2.19. The molecule has 1 heterocycles. The fourth-order valence-corrected chi connectivity index (χ4v) is 2.48. The quantitative estimate of drug-likeness (QED) is 0.863. The molecule has 0 spiro atoms. The van der Waals surface area contributed by atoms with E-state index in [1.807, 2.05) is 0 Å². The predicted molar refractivity (Wildman–Crippen MR) is 77.4 cm³/mol. The summed E-state index contributed by atoms with van der Waals surface area (Å²) in [6.45, 7) is 6.89. The number of carboxylic acids is 1. The van der Waals surface area contributed by atoms with Gasteiger partial charge < -0.3 is 10.0 Å². The summed E-state index contributed by atoms with van der Waals surface area (Å²) in [7, 11) is 1.78. The zero-order valence-electron chi connectivity index (χ0n) is 11.6. The van der Waals surface area contributed by atoms with Crippen molar-refractivity contribution in [3.05, 3.63) is 28.0 Å². The number of amides is 1. The third-order valence-electron chi connectivity index (χ3n) is 2.32. The Morgan fingerprint density at radius 1 is 1.42 bits per heavy atom. The summed E-state index contributed by atoms with van der Waals surface area (Å²) in [6, 6.07) is 1.71. The molecule has 0 bridgehead atoms. The van der Waals surface area contributed by atoms with Crippen LogP contribution in [0.4, 0.5) is 0 Å². The van der Waals surface area contributed by atoms with E-state index in [4.69, 9.17) is 5.11 Å². The average Bonchev–Trinajstić information content (AvgIpc) is 2.71. The van der Waals surface area contributed by atoms with Gasteiger partial charge in [-0.3, -0.25) is 4.79 Å². The summed E-state index contributed by atoms with van der Waals surface area (Å²) < 4.78 is 0. The topological polar surface area (TPSA) is 57.6 Å². The lowest BCUT2D eigenvalue weighted by Gasteiger charge is -2.26. The molecule has 0 unspecified atom stereocenters. The smallest absolute Gasteiger partial charge is 0.328 e. The first-order chi connectivity index (χ1) is 8.69. The number of carbonyl (C=O) groups excluding carboxylic acids is 1. The minimum atomic E-state index is -0.994. The van der Waals surface area contributed by atoms with Crippen LogP contribution in [0.2, 0.25) is 0 Å². The number of nitrogens with zero attached hydrogens (tertiary/aromatic N) is 1. The molecule has 1 N–H and O–H groups in total. The van der Waals surface area contributed by atoms with Crippen molar-refractivity contribution in [3.8, 4) is 0 Å². The molecule has 0 atom stereocenters. The molecule has 0 aliphatic carbocycles. The van der Waals surface area contributed by atoms with Crippen LogP contribution in [-0.2, 0) is 4.79 Å². The molecule has 0 saturated carbocycles. The van der Waals surface area contributed by atoms with E-state index in [9.17, 15) is 9.59 Å². The van der Waals surface area contributed by atoms with Gasteiger partial charge in [0.1, 0.15) is 0 Å². The maximum atomic E-state index is 12.2. The Bertz CT molecular complexity index is 497. The Morgan fingerprint density at radius 3 is 2.58 bits per heavy atom. The van der Waals surface area contributed by atoms with Crippen molar-refractivity contribution in [2.45, 2.75) is 20.8 Å². The fourth-order valence-electron chi connectivity index (χ4n) is 1.71. The minimum absolute atomic E-state index is 0.0406. The number of aliphatic carboxylic acids is 1. The van der Waals surface area contributed by atoms with E-state index in [0.29, 0.717) is 12.1 Å². The first-order valence-corrected chi connectivity index (χ1v) is 6.82. The molecule has 0 aromatic carbocycles. The second kappa shape index (κ2) is 6.02. The minimum Gasteiger partial charge on any atom is -0.478 e. The monoisotopic (exact) mass is 281 g/mol. The van der Waals surface area contributed by atoms with Gasteiger partial charge in [0.15, 0.2) is 0 Å². The third-order valence-corrected chi connectivity index (χ3v) is 3.21. The third kappa shape index (κ3) is 5.26. The van der Waals surface area contributed by atoms with Crippen LogP contribution in [0.5, 0.6) is 0 Å². The van der Waals surface area contributed by atoms with Crippen LogP contribution in [0.25, 0.3) is 6.08 Å². The highest BCUT2D eigenvalue weighted by molar-refractivity contribution is 7.11.